The monoisotopic (exact) mass is 554 g/mol. The number of aromatic nitrogens is 5. The number of likely N-dealkylation sites (N-methyl/N-ethyl adjacent to an activating group) is 1. The topological polar surface area (TPSA) is 80.5 Å². The number of hydrogen-bond donors (Lipinski definition) is 1. The number of rotatable bonds is 5. The third kappa shape index (κ3) is 4.18. The summed E-state index contributed by atoms with van der Waals surface area (Å²) in [5, 5.41) is 0. The quantitative estimate of drug-likeness (QED) is 0.304. The number of anilines is 1. The molecule has 6 aromatic rings. The lowest BCUT2D eigenvalue weighted by atomic mass is 9.78. The highest BCUT2D eigenvalue weighted by molar-refractivity contribution is 5.92. The Hall–Kier alpha value is -4.53. The molecule has 0 atom stereocenters. The first kappa shape index (κ1) is 25.2. The maximum atomic E-state index is 6.51. The fourth-order valence-corrected chi connectivity index (χ4v) is 6.71. The first-order chi connectivity index (χ1) is 20.6. The number of benzene rings is 3. The van der Waals surface area contributed by atoms with Gasteiger partial charge in [0.25, 0.3) is 0 Å². The fraction of sp³-hybridized carbons (Fsp3) is 0.265. The molecule has 1 saturated carbocycles. The van der Waals surface area contributed by atoms with Gasteiger partial charge in [0.2, 0.25) is 0 Å². The second-order valence-electron chi connectivity index (χ2n) is 11.7. The molecule has 1 saturated heterocycles. The lowest BCUT2D eigenvalue weighted by Crippen LogP contribution is -2.52. The van der Waals surface area contributed by atoms with Crippen molar-refractivity contribution in [3.8, 4) is 28.3 Å². The Morgan fingerprint density at radius 1 is 0.810 bits per heavy atom. The van der Waals surface area contributed by atoms with E-state index in [1.807, 2.05) is 18.3 Å². The van der Waals surface area contributed by atoms with Crippen molar-refractivity contribution in [2.45, 2.75) is 24.8 Å². The molecule has 1 aliphatic carbocycles. The van der Waals surface area contributed by atoms with E-state index in [9.17, 15) is 0 Å². The average molecular weight is 555 g/mol. The van der Waals surface area contributed by atoms with Crippen LogP contribution in [0.4, 0.5) is 5.82 Å². The molecular formula is C34H34N8. The van der Waals surface area contributed by atoms with Crippen LogP contribution in [0.1, 0.15) is 24.6 Å². The standard InChI is InChI=1S/C34H34N8/c1-39-16-18-40(19-17-39)27-20-25(21-27)33-38-30(31-32(35)36-14-15-41(31)33)24-12-13-29-28(22-24)37-34(23-8-4-2-5-9-23)42(29)26-10-6-3-7-11-26/h2-15,22,25,27H,16-21H2,1H3,(H2,35,36). The van der Waals surface area contributed by atoms with Gasteiger partial charge >= 0.3 is 0 Å². The Morgan fingerprint density at radius 3 is 2.31 bits per heavy atom. The predicted octanol–water partition coefficient (Wildman–Crippen LogP) is 5.48. The Kier molecular flexibility index (Phi) is 6.05. The van der Waals surface area contributed by atoms with E-state index in [1.165, 1.54) is 0 Å². The summed E-state index contributed by atoms with van der Waals surface area (Å²) in [7, 11) is 2.21. The number of nitrogen functional groups attached to an aromatic ring is 1. The summed E-state index contributed by atoms with van der Waals surface area (Å²) < 4.78 is 4.40. The van der Waals surface area contributed by atoms with Crippen LogP contribution in [-0.4, -0.2) is 73.0 Å². The molecule has 2 aliphatic rings. The third-order valence-electron chi connectivity index (χ3n) is 9.12. The van der Waals surface area contributed by atoms with Gasteiger partial charge in [-0.05, 0) is 44.2 Å². The molecule has 3 aromatic heterocycles. The highest BCUT2D eigenvalue weighted by Gasteiger charge is 2.38. The van der Waals surface area contributed by atoms with Crippen molar-refractivity contribution in [1.29, 1.82) is 0 Å². The number of para-hydroxylation sites is 1. The molecule has 0 unspecified atom stereocenters. The molecule has 1 aliphatic heterocycles. The van der Waals surface area contributed by atoms with E-state index in [1.54, 1.807) is 6.20 Å². The molecule has 8 rings (SSSR count). The Morgan fingerprint density at radius 2 is 1.55 bits per heavy atom. The molecule has 0 bridgehead atoms. The lowest BCUT2D eigenvalue weighted by molar-refractivity contribution is 0.0586. The van der Waals surface area contributed by atoms with Crippen LogP contribution in [-0.2, 0) is 0 Å². The van der Waals surface area contributed by atoms with Gasteiger partial charge in [-0.3, -0.25) is 13.9 Å². The van der Waals surface area contributed by atoms with Gasteiger partial charge in [-0.15, -0.1) is 0 Å². The fourth-order valence-electron chi connectivity index (χ4n) is 6.71. The molecule has 3 aromatic carbocycles. The summed E-state index contributed by atoms with van der Waals surface area (Å²) in [6, 6.07) is 27.8. The molecule has 8 heteroatoms. The highest BCUT2D eigenvalue weighted by Crippen LogP contribution is 2.42. The van der Waals surface area contributed by atoms with Gasteiger partial charge in [0.1, 0.15) is 28.7 Å². The normalized spacial score (nSPS) is 19.8. The van der Waals surface area contributed by atoms with E-state index >= 15 is 0 Å². The van der Waals surface area contributed by atoms with Crippen LogP contribution in [0.15, 0.2) is 91.3 Å². The van der Waals surface area contributed by atoms with Crippen molar-refractivity contribution in [2.75, 3.05) is 39.0 Å². The molecule has 42 heavy (non-hydrogen) atoms. The molecule has 0 spiro atoms. The largest absolute Gasteiger partial charge is 0.382 e. The molecule has 2 fully saturated rings. The van der Waals surface area contributed by atoms with Crippen molar-refractivity contribution in [1.82, 2.24) is 33.7 Å². The van der Waals surface area contributed by atoms with Crippen molar-refractivity contribution >= 4 is 22.4 Å². The van der Waals surface area contributed by atoms with E-state index in [0.29, 0.717) is 17.8 Å². The zero-order valence-corrected chi connectivity index (χ0v) is 23.8. The van der Waals surface area contributed by atoms with E-state index in [-0.39, 0.29) is 0 Å². The molecule has 210 valence electrons. The second kappa shape index (κ2) is 10.1. The first-order valence-electron chi connectivity index (χ1n) is 14.8. The molecule has 8 nitrogen and oxygen atoms in total. The molecular weight excluding hydrogens is 520 g/mol. The van der Waals surface area contributed by atoms with Gasteiger partial charge < -0.3 is 10.6 Å². The zero-order valence-electron chi connectivity index (χ0n) is 23.8. The average Bonchev–Trinajstić information content (AvgIpc) is 3.58. The number of nitrogens with zero attached hydrogens (tertiary/aromatic N) is 7. The number of piperazine rings is 1. The lowest BCUT2D eigenvalue weighted by Gasteiger charge is -2.45. The molecule has 0 amide bonds. The summed E-state index contributed by atoms with van der Waals surface area (Å²) >= 11 is 0. The van der Waals surface area contributed by atoms with Crippen molar-refractivity contribution in [3.63, 3.8) is 0 Å². The summed E-state index contributed by atoms with van der Waals surface area (Å²) in [6.07, 6.45) is 6.05. The third-order valence-corrected chi connectivity index (χ3v) is 9.12. The maximum Gasteiger partial charge on any atom is 0.150 e. The van der Waals surface area contributed by atoms with Gasteiger partial charge in [0, 0.05) is 67.3 Å². The van der Waals surface area contributed by atoms with E-state index in [2.05, 4.69) is 97.5 Å². The number of fused-ring (bicyclic) bond motifs is 2. The molecule has 0 radical (unpaired) electrons. The van der Waals surface area contributed by atoms with E-state index < -0.39 is 0 Å². The van der Waals surface area contributed by atoms with Gasteiger partial charge in [0.05, 0.1) is 11.0 Å². The van der Waals surface area contributed by atoms with Gasteiger partial charge in [-0.1, -0.05) is 54.6 Å². The van der Waals surface area contributed by atoms with Crippen molar-refractivity contribution < 1.29 is 0 Å². The number of imidazole rings is 2. The van der Waals surface area contributed by atoms with Crippen LogP contribution in [0, 0.1) is 0 Å². The summed E-state index contributed by atoms with van der Waals surface area (Å²) in [6.45, 7) is 4.60. The summed E-state index contributed by atoms with van der Waals surface area (Å²) in [5.41, 5.74) is 13.4. The minimum absolute atomic E-state index is 0.406. The van der Waals surface area contributed by atoms with Crippen LogP contribution < -0.4 is 5.73 Å². The minimum Gasteiger partial charge on any atom is -0.382 e. The van der Waals surface area contributed by atoms with E-state index in [4.69, 9.17) is 15.7 Å². The van der Waals surface area contributed by atoms with Crippen LogP contribution in [0.25, 0.3) is 44.9 Å². The molecule has 4 heterocycles. The summed E-state index contributed by atoms with van der Waals surface area (Å²) in [5.74, 6) is 2.90. The van der Waals surface area contributed by atoms with Crippen LogP contribution >= 0.6 is 0 Å². The minimum atomic E-state index is 0.406. The predicted molar refractivity (Wildman–Crippen MR) is 168 cm³/mol. The second-order valence-corrected chi connectivity index (χ2v) is 11.7. The Labute approximate surface area is 245 Å². The van der Waals surface area contributed by atoms with Crippen LogP contribution in [0.5, 0.6) is 0 Å². The smallest absolute Gasteiger partial charge is 0.150 e. The SMILES string of the molecule is CN1CCN(C2CC(c3nc(-c4ccc5c(c4)nc(-c4ccccc4)n5-c4ccccc4)c4c(N)nccn34)C2)CC1. The molecule has 2 N–H and O–H groups in total. The van der Waals surface area contributed by atoms with Crippen LogP contribution in [0.3, 0.4) is 0 Å². The van der Waals surface area contributed by atoms with Gasteiger partial charge in [-0.25, -0.2) is 15.0 Å². The number of nitrogens with two attached hydrogens (primary N) is 1. The van der Waals surface area contributed by atoms with Crippen LogP contribution in [0.2, 0.25) is 0 Å². The van der Waals surface area contributed by atoms with Crippen molar-refractivity contribution in [2.24, 2.45) is 0 Å². The van der Waals surface area contributed by atoms with Gasteiger partial charge in [0.15, 0.2) is 0 Å². The number of hydrogen-bond acceptors (Lipinski definition) is 6. The van der Waals surface area contributed by atoms with Crippen molar-refractivity contribution in [3.05, 3.63) is 97.1 Å². The van der Waals surface area contributed by atoms with E-state index in [0.717, 1.165) is 89.7 Å². The maximum absolute atomic E-state index is 6.51. The highest BCUT2D eigenvalue weighted by atomic mass is 15.3. The summed E-state index contributed by atoms with van der Waals surface area (Å²) in [4.78, 5) is 19.9. The van der Waals surface area contributed by atoms with Gasteiger partial charge in [-0.2, -0.15) is 0 Å². The zero-order chi connectivity index (χ0) is 28.2. The Bertz CT molecular complexity index is 1880. The Balaban J connectivity index is 1.20. The first-order valence-corrected chi connectivity index (χ1v) is 14.8.